The fourth-order valence-electron chi connectivity index (χ4n) is 2.52. The van der Waals surface area contributed by atoms with Crippen molar-refractivity contribution in [3.63, 3.8) is 0 Å². The van der Waals surface area contributed by atoms with Crippen LogP contribution in [0.1, 0.15) is 64.6 Å². The lowest BCUT2D eigenvalue weighted by Gasteiger charge is -2.17. The third kappa shape index (κ3) is 4.13. The van der Waals surface area contributed by atoms with Crippen LogP contribution in [0.3, 0.4) is 0 Å². The summed E-state index contributed by atoms with van der Waals surface area (Å²) in [7, 11) is 0. The first-order valence-electron chi connectivity index (χ1n) is 7.29. The summed E-state index contributed by atoms with van der Waals surface area (Å²) in [5, 5.41) is 8.17. The molecule has 0 amide bonds. The quantitative estimate of drug-likeness (QED) is 0.809. The summed E-state index contributed by atoms with van der Waals surface area (Å²) in [5.74, 6) is 0. The summed E-state index contributed by atoms with van der Waals surface area (Å²) in [5.41, 5.74) is 1.59. The number of nitrogens with one attached hydrogen (secondary N) is 1. The van der Waals surface area contributed by atoms with Gasteiger partial charge in [0, 0.05) is 12.7 Å². The Bertz CT molecular complexity index is 356. The molecule has 0 unspecified atom stereocenters. The summed E-state index contributed by atoms with van der Waals surface area (Å²) in [6, 6.07) is 2.82. The first kappa shape index (κ1) is 13.6. The van der Waals surface area contributed by atoms with Crippen LogP contribution in [0.15, 0.2) is 12.3 Å². The van der Waals surface area contributed by atoms with Gasteiger partial charge in [0.05, 0.1) is 11.7 Å². The van der Waals surface area contributed by atoms with Gasteiger partial charge >= 0.3 is 0 Å². The molecule has 2 rings (SSSR count). The molecule has 1 saturated carbocycles. The molecule has 102 valence electrons. The van der Waals surface area contributed by atoms with Gasteiger partial charge in [-0.15, -0.1) is 0 Å². The first-order valence-corrected chi connectivity index (χ1v) is 7.29. The summed E-state index contributed by atoms with van der Waals surface area (Å²) in [6.07, 6.45) is 8.69. The van der Waals surface area contributed by atoms with Crippen LogP contribution in [-0.4, -0.2) is 16.3 Å². The highest BCUT2D eigenvalue weighted by Crippen LogP contribution is 2.28. The minimum atomic E-state index is 0.413. The zero-order valence-corrected chi connectivity index (χ0v) is 12.1. The van der Waals surface area contributed by atoms with Crippen molar-refractivity contribution in [2.75, 3.05) is 6.54 Å². The highest BCUT2D eigenvalue weighted by Gasteiger charge is 2.17. The highest BCUT2D eigenvalue weighted by atomic mass is 15.3. The zero-order chi connectivity index (χ0) is 13.0. The van der Waals surface area contributed by atoms with Gasteiger partial charge in [0.2, 0.25) is 0 Å². The van der Waals surface area contributed by atoms with Crippen molar-refractivity contribution in [2.45, 2.75) is 65.5 Å². The van der Waals surface area contributed by atoms with E-state index in [0.717, 1.165) is 13.1 Å². The van der Waals surface area contributed by atoms with Crippen LogP contribution in [0.5, 0.6) is 0 Å². The number of nitrogens with zero attached hydrogens (tertiary/aromatic N) is 2. The van der Waals surface area contributed by atoms with Gasteiger partial charge in [0.25, 0.3) is 0 Å². The Kier molecular flexibility index (Phi) is 4.44. The van der Waals surface area contributed by atoms with Crippen molar-refractivity contribution in [3.05, 3.63) is 18.0 Å². The van der Waals surface area contributed by atoms with Gasteiger partial charge in [0.15, 0.2) is 0 Å². The molecule has 3 nitrogen and oxygen atoms in total. The molecule has 0 bridgehead atoms. The third-order valence-electron chi connectivity index (χ3n) is 3.72. The normalized spacial score (nSPS) is 17.5. The number of hydrogen-bond donors (Lipinski definition) is 1. The predicted octanol–water partition coefficient (Wildman–Crippen LogP) is 3.52. The van der Waals surface area contributed by atoms with Crippen molar-refractivity contribution in [2.24, 2.45) is 5.41 Å². The van der Waals surface area contributed by atoms with Crippen molar-refractivity contribution in [1.82, 2.24) is 15.1 Å². The summed E-state index contributed by atoms with van der Waals surface area (Å²) in [4.78, 5) is 0. The average Bonchev–Trinajstić information content (AvgIpc) is 2.93. The van der Waals surface area contributed by atoms with E-state index >= 15 is 0 Å². The van der Waals surface area contributed by atoms with Gasteiger partial charge in [-0.1, -0.05) is 33.6 Å². The summed E-state index contributed by atoms with van der Waals surface area (Å²) >= 11 is 0. The second-order valence-corrected chi connectivity index (χ2v) is 6.71. The fourth-order valence-corrected chi connectivity index (χ4v) is 2.52. The van der Waals surface area contributed by atoms with Crippen LogP contribution in [-0.2, 0) is 6.54 Å². The molecule has 1 aromatic heterocycles. The van der Waals surface area contributed by atoms with Gasteiger partial charge in [-0.25, -0.2) is 0 Å². The van der Waals surface area contributed by atoms with E-state index < -0.39 is 0 Å². The minimum absolute atomic E-state index is 0.413. The number of hydrogen-bond acceptors (Lipinski definition) is 2. The summed E-state index contributed by atoms with van der Waals surface area (Å²) < 4.78 is 2.17. The van der Waals surface area contributed by atoms with Gasteiger partial charge < -0.3 is 5.32 Å². The van der Waals surface area contributed by atoms with Crippen molar-refractivity contribution >= 4 is 0 Å². The average molecular weight is 249 g/mol. The fraction of sp³-hybridized carbons (Fsp3) is 0.800. The standard InChI is InChI=1S/C15H27N3/c1-15(2,3)9-10-16-12-13-8-11-18(17-13)14-6-4-5-7-14/h8,11,14,16H,4-7,9-10,12H2,1-3H3. The highest BCUT2D eigenvalue weighted by molar-refractivity contribution is 4.99. The van der Waals surface area contributed by atoms with Crippen LogP contribution in [0.4, 0.5) is 0 Å². The van der Waals surface area contributed by atoms with Crippen molar-refractivity contribution in [3.8, 4) is 0 Å². The van der Waals surface area contributed by atoms with E-state index in [4.69, 9.17) is 0 Å². The molecular formula is C15H27N3. The van der Waals surface area contributed by atoms with E-state index in [9.17, 15) is 0 Å². The van der Waals surface area contributed by atoms with E-state index in [1.165, 1.54) is 37.8 Å². The molecule has 0 saturated heterocycles. The number of rotatable bonds is 5. The van der Waals surface area contributed by atoms with Crippen LogP contribution < -0.4 is 5.32 Å². The third-order valence-corrected chi connectivity index (χ3v) is 3.72. The molecule has 0 radical (unpaired) electrons. The molecule has 1 aliphatic rings. The second kappa shape index (κ2) is 5.87. The molecule has 1 aliphatic carbocycles. The monoisotopic (exact) mass is 249 g/mol. The largest absolute Gasteiger partial charge is 0.311 e. The summed E-state index contributed by atoms with van der Waals surface area (Å²) in [6.45, 7) is 8.81. The molecule has 1 N–H and O–H groups in total. The molecule has 3 heteroatoms. The molecule has 0 spiro atoms. The topological polar surface area (TPSA) is 29.9 Å². The molecule has 0 aromatic carbocycles. The maximum atomic E-state index is 4.68. The maximum absolute atomic E-state index is 4.68. The Hall–Kier alpha value is -0.830. The zero-order valence-electron chi connectivity index (χ0n) is 12.1. The number of aromatic nitrogens is 2. The first-order chi connectivity index (χ1) is 8.54. The van der Waals surface area contributed by atoms with E-state index in [-0.39, 0.29) is 0 Å². The predicted molar refractivity (Wildman–Crippen MR) is 75.5 cm³/mol. The minimum Gasteiger partial charge on any atom is -0.311 e. The van der Waals surface area contributed by atoms with Crippen LogP contribution >= 0.6 is 0 Å². The Morgan fingerprint density at radius 2 is 2.06 bits per heavy atom. The Labute approximate surface area is 111 Å². The van der Waals surface area contributed by atoms with E-state index in [1.807, 2.05) is 0 Å². The maximum Gasteiger partial charge on any atom is 0.0762 e. The van der Waals surface area contributed by atoms with Crippen LogP contribution in [0.2, 0.25) is 0 Å². The van der Waals surface area contributed by atoms with Crippen molar-refractivity contribution in [1.29, 1.82) is 0 Å². The molecule has 1 heterocycles. The molecule has 1 aromatic rings. The molecule has 1 fully saturated rings. The molecule has 0 aliphatic heterocycles. The van der Waals surface area contributed by atoms with Gasteiger partial charge in [-0.05, 0) is 37.3 Å². The van der Waals surface area contributed by atoms with E-state index in [1.54, 1.807) is 0 Å². The lowest BCUT2D eigenvalue weighted by atomic mass is 9.92. The van der Waals surface area contributed by atoms with Crippen LogP contribution in [0, 0.1) is 5.41 Å². The van der Waals surface area contributed by atoms with Crippen LogP contribution in [0.25, 0.3) is 0 Å². The molecular weight excluding hydrogens is 222 g/mol. The lowest BCUT2D eigenvalue weighted by molar-refractivity contribution is 0.365. The molecule has 0 atom stereocenters. The Morgan fingerprint density at radius 3 is 2.72 bits per heavy atom. The van der Waals surface area contributed by atoms with Gasteiger partial charge in [-0.3, -0.25) is 4.68 Å². The van der Waals surface area contributed by atoms with E-state index in [2.05, 4.69) is 48.1 Å². The van der Waals surface area contributed by atoms with Crippen molar-refractivity contribution < 1.29 is 0 Å². The Balaban J connectivity index is 1.73. The van der Waals surface area contributed by atoms with E-state index in [0.29, 0.717) is 11.5 Å². The molecule has 18 heavy (non-hydrogen) atoms. The Morgan fingerprint density at radius 1 is 1.33 bits per heavy atom. The van der Waals surface area contributed by atoms with Gasteiger partial charge in [-0.2, -0.15) is 5.10 Å². The lowest BCUT2D eigenvalue weighted by Crippen LogP contribution is -2.20. The SMILES string of the molecule is CC(C)(C)CCNCc1ccn(C2CCCC2)n1. The smallest absolute Gasteiger partial charge is 0.0762 e. The van der Waals surface area contributed by atoms with Gasteiger partial charge in [0.1, 0.15) is 0 Å². The second-order valence-electron chi connectivity index (χ2n) is 6.71.